The van der Waals surface area contributed by atoms with Crippen molar-refractivity contribution in [3.05, 3.63) is 58.4 Å². The minimum Gasteiger partial charge on any atom is -0.399 e. The number of hydrogen-bond donors (Lipinski definition) is 1. The van der Waals surface area contributed by atoms with Crippen LogP contribution in [0, 0.1) is 26.6 Å². The summed E-state index contributed by atoms with van der Waals surface area (Å²) in [5, 5.41) is 0. The molecule has 0 aliphatic carbocycles. The van der Waals surface area contributed by atoms with Crippen molar-refractivity contribution in [1.82, 2.24) is 0 Å². The average Bonchev–Trinajstić information content (AvgIpc) is 2.32. The molecule has 2 N–H and O–H groups in total. The van der Waals surface area contributed by atoms with Gasteiger partial charge in [-0.3, -0.25) is 0 Å². The van der Waals surface area contributed by atoms with Crippen LogP contribution in [0.3, 0.4) is 0 Å². The normalized spacial score (nSPS) is 11.6. The van der Waals surface area contributed by atoms with Gasteiger partial charge in [-0.25, -0.2) is 12.8 Å². The monoisotopic (exact) mass is 307 g/mol. The number of nitrogen functional groups attached to an aromatic ring is 1. The lowest BCUT2D eigenvalue weighted by molar-refractivity contribution is 0.590. The minimum absolute atomic E-state index is 0.0839. The van der Waals surface area contributed by atoms with Crippen molar-refractivity contribution < 1.29 is 12.8 Å². The summed E-state index contributed by atoms with van der Waals surface area (Å²) in [6.45, 7) is 5.72. The number of halogens is 1. The van der Waals surface area contributed by atoms with Gasteiger partial charge >= 0.3 is 0 Å². The fourth-order valence-electron chi connectivity index (χ4n) is 2.47. The standard InChI is InChI=1S/C16H18FNO2S/c1-10-4-11(2)16(12(3)5-10)9-21(19,20)15-7-13(17)6-14(18)8-15/h4-8H,9,18H2,1-3H3. The maximum absolute atomic E-state index is 13.4. The molecule has 0 spiro atoms. The van der Waals surface area contributed by atoms with E-state index in [1.807, 2.05) is 32.9 Å². The number of sulfone groups is 1. The Morgan fingerprint density at radius 3 is 2.10 bits per heavy atom. The third kappa shape index (κ3) is 3.42. The summed E-state index contributed by atoms with van der Waals surface area (Å²) in [6.07, 6.45) is 0. The predicted molar refractivity (Wildman–Crippen MR) is 82.4 cm³/mol. The van der Waals surface area contributed by atoms with E-state index in [0.717, 1.165) is 34.4 Å². The second-order valence-electron chi connectivity index (χ2n) is 5.36. The van der Waals surface area contributed by atoms with Crippen LogP contribution in [0.4, 0.5) is 10.1 Å². The van der Waals surface area contributed by atoms with Gasteiger partial charge in [0.15, 0.2) is 9.84 Å². The predicted octanol–water partition coefficient (Wildman–Crippen LogP) is 3.31. The van der Waals surface area contributed by atoms with Crippen LogP contribution >= 0.6 is 0 Å². The molecule has 0 aliphatic heterocycles. The van der Waals surface area contributed by atoms with E-state index in [1.54, 1.807) is 0 Å². The summed E-state index contributed by atoms with van der Waals surface area (Å²) in [5.74, 6) is -0.806. The summed E-state index contributed by atoms with van der Waals surface area (Å²) in [5.41, 5.74) is 9.30. The van der Waals surface area contributed by atoms with Crippen molar-refractivity contribution >= 4 is 15.5 Å². The highest BCUT2D eigenvalue weighted by molar-refractivity contribution is 7.90. The van der Waals surface area contributed by atoms with Crippen molar-refractivity contribution in [2.24, 2.45) is 0 Å². The third-order valence-corrected chi connectivity index (χ3v) is 5.05. The molecule has 0 aliphatic rings. The van der Waals surface area contributed by atoms with Crippen molar-refractivity contribution in [1.29, 1.82) is 0 Å². The molecule has 2 aromatic carbocycles. The molecule has 2 aromatic rings. The van der Waals surface area contributed by atoms with E-state index in [0.29, 0.717) is 0 Å². The average molecular weight is 307 g/mol. The highest BCUT2D eigenvalue weighted by Gasteiger charge is 2.19. The molecular weight excluding hydrogens is 289 g/mol. The lowest BCUT2D eigenvalue weighted by atomic mass is 10.0. The molecule has 0 saturated heterocycles. The second-order valence-corrected chi connectivity index (χ2v) is 7.35. The van der Waals surface area contributed by atoms with E-state index >= 15 is 0 Å². The molecular formula is C16H18FNO2S. The van der Waals surface area contributed by atoms with Crippen LogP contribution in [0.15, 0.2) is 35.2 Å². The number of rotatable bonds is 3. The number of anilines is 1. The van der Waals surface area contributed by atoms with Gasteiger partial charge in [-0.05, 0) is 55.7 Å². The van der Waals surface area contributed by atoms with E-state index in [4.69, 9.17) is 5.73 Å². The Morgan fingerprint density at radius 1 is 1.00 bits per heavy atom. The van der Waals surface area contributed by atoms with Gasteiger partial charge in [0, 0.05) is 5.69 Å². The number of benzene rings is 2. The maximum Gasteiger partial charge on any atom is 0.182 e. The smallest absolute Gasteiger partial charge is 0.182 e. The first-order valence-corrected chi connectivity index (χ1v) is 8.20. The van der Waals surface area contributed by atoms with Crippen molar-refractivity contribution in [2.45, 2.75) is 31.4 Å². The molecule has 0 atom stereocenters. The molecule has 0 amide bonds. The molecule has 0 heterocycles. The van der Waals surface area contributed by atoms with Crippen LogP contribution in [0.5, 0.6) is 0 Å². The summed E-state index contributed by atoms with van der Waals surface area (Å²) < 4.78 is 38.3. The number of aryl methyl sites for hydroxylation is 3. The Balaban J connectivity index is 2.47. The summed E-state index contributed by atoms with van der Waals surface area (Å²) >= 11 is 0. The van der Waals surface area contributed by atoms with Gasteiger partial charge in [0.2, 0.25) is 0 Å². The molecule has 0 saturated carbocycles. The Bertz CT molecular complexity index is 755. The van der Waals surface area contributed by atoms with Gasteiger partial charge in [0.25, 0.3) is 0 Å². The van der Waals surface area contributed by atoms with E-state index in [1.165, 1.54) is 6.07 Å². The van der Waals surface area contributed by atoms with Crippen LogP contribution in [0.25, 0.3) is 0 Å². The molecule has 0 bridgehead atoms. The van der Waals surface area contributed by atoms with Crippen LogP contribution in [-0.4, -0.2) is 8.42 Å². The lowest BCUT2D eigenvalue weighted by Gasteiger charge is -2.12. The minimum atomic E-state index is -3.64. The molecule has 21 heavy (non-hydrogen) atoms. The zero-order chi connectivity index (χ0) is 15.8. The van der Waals surface area contributed by atoms with Crippen LogP contribution in [-0.2, 0) is 15.6 Å². The first kappa shape index (κ1) is 15.5. The number of nitrogens with two attached hydrogens (primary N) is 1. The van der Waals surface area contributed by atoms with E-state index < -0.39 is 15.7 Å². The van der Waals surface area contributed by atoms with Gasteiger partial charge in [-0.1, -0.05) is 17.7 Å². The maximum atomic E-state index is 13.4. The highest BCUT2D eigenvalue weighted by Crippen LogP contribution is 2.24. The van der Waals surface area contributed by atoms with Crippen LogP contribution in [0.2, 0.25) is 0 Å². The SMILES string of the molecule is Cc1cc(C)c(CS(=O)(=O)c2cc(N)cc(F)c2)c(C)c1. The van der Waals surface area contributed by atoms with Crippen LogP contribution < -0.4 is 5.73 Å². The van der Waals surface area contributed by atoms with Gasteiger partial charge < -0.3 is 5.73 Å². The Hall–Kier alpha value is -1.88. The Kier molecular flexibility index (Phi) is 4.05. The summed E-state index contributed by atoms with van der Waals surface area (Å²) in [4.78, 5) is -0.0839. The van der Waals surface area contributed by atoms with Crippen molar-refractivity contribution in [2.75, 3.05) is 5.73 Å². The molecule has 0 fully saturated rings. The largest absolute Gasteiger partial charge is 0.399 e. The second kappa shape index (κ2) is 5.48. The molecule has 0 radical (unpaired) electrons. The summed E-state index contributed by atoms with van der Waals surface area (Å²) in [7, 11) is -3.64. The lowest BCUT2D eigenvalue weighted by Crippen LogP contribution is -2.09. The van der Waals surface area contributed by atoms with E-state index in [2.05, 4.69) is 0 Å². The zero-order valence-electron chi connectivity index (χ0n) is 12.3. The van der Waals surface area contributed by atoms with Gasteiger partial charge in [-0.15, -0.1) is 0 Å². The summed E-state index contributed by atoms with van der Waals surface area (Å²) in [6, 6.07) is 7.28. The van der Waals surface area contributed by atoms with Crippen molar-refractivity contribution in [3.8, 4) is 0 Å². The Morgan fingerprint density at radius 2 is 1.57 bits per heavy atom. The molecule has 2 rings (SSSR count). The van der Waals surface area contributed by atoms with Gasteiger partial charge in [0.05, 0.1) is 10.6 Å². The van der Waals surface area contributed by atoms with Crippen molar-refractivity contribution in [3.63, 3.8) is 0 Å². The molecule has 0 unspecified atom stereocenters. The third-order valence-electron chi connectivity index (χ3n) is 3.43. The van der Waals surface area contributed by atoms with E-state index in [9.17, 15) is 12.8 Å². The molecule has 3 nitrogen and oxygen atoms in total. The fraction of sp³-hybridized carbons (Fsp3) is 0.250. The quantitative estimate of drug-likeness (QED) is 0.885. The fourth-order valence-corrected chi connectivity index (χ4v) is 4.08. The number of hydrogen-bond acceptors (Lipinski definition) is 3. The first-order chi connectivity index (χ1) is 9.69. The van der Waals surface area contributed by atoms with Gasteiger partial charge in [-0.2, -0.15) is 0 Å². The zero-order valence-corrected chi connectivity index (χ0v) is 13.1. The van der Waals surface area contributed by atoms with E-state index in [-0.39, 0.29) is 16.3 Å². The van der Waals surface area contributed by atoms with Gasteiger partial charge in [0.1, 0.15) is 5.82 Å². The topological polar surface area (TPSA) is 60.2 Å². The highest BCUT2D eigenvalue weighted by atomic mass is 32.2. The molecule has 0 aromatic heterocycles. The van der Waals surface area contributed by atoms with Crippen LogP contribution in [0.1, 0.15) is 22.3 Å². The Labute approximate surface area is 124 Å². The first-order valence-electron chi connectivity index (χ1n) is 6.54. The molecule has 112 valence electrons. The molecule has 5 heteroatoms.